The van der Waals surface area contributed by atoms with E-state index in [9.17, 15) is 4.79 Å². The topological polar surface area (TPSA) is 26.3 Å². The molecular weight excluding hydrogens is 256 g/mol. The number of Topliss-reactive ketones (excluding diaryl/α,β-unsaturated/α-hetero) is 1. The lowest BCUT2D eigenvalue weighted by molar-refractivity contribution is -0.116. The molecule has 1 rings (SSSR count). The predicted molar refractivity (Wildman–Crippen MR) is 64.5 cm³/mol. The first-order valence-electron chi connectivity index (χ1n) is 4.93. The van der Waals surface area contributed by atoms with Crippen molar-refractivity contribution in [3.05, 3.63) is 27.7 Å². The molecular formula is C12H15BrO2. The van der Waals surface area contributed by atoms with Crippen molar-refractivity contribution < 1.29 is 9.53 Å². The van der Waals surface area contributed by atoms with Gasteiger partial charge in [-0.05, 0) is 31.0 Å². The second-order valence-corrected chi connectivity index (χ2v) is 4.35. The van der Waals surface area contributed by atoms with Gasteiger partial charge in [-0.25, -0.2) is 0 Å². The molecule has 15 heavy (non-hydrogen) atoms. The summed E-state index contributed by atoms with van der Waals surface area (Å²) in [6.45, 7) is 3.67. The van der Waals surface area contributed by atoms with Gasteiger partial charge in [0.1, 0.15) is 11.5 Å². The SMILES string of the molecule is CCc1c(Br)cc(CC(C)=O)cc1OC. The smallest absolute Gasteiger partial charge is 0.134 e. The summed E-state index contributed by atoms with van der Waals surface area (Å²) in [5, 5.41) is 0. The Bertz CT molecular complexity index is 372. The largest absolute Gasteiger partial charge is 0.496 e. The molecule has 2 nitrogen and oxygen atoms in total. The Labute approximate surface area is 98.8 Å². The molecule has 0 aliphatic carbocycles. The molecule has 1 aromatic carbocycles. The van der Waals surface area contributed by atoms with Crippen molar-refractivity contribution >= 4 is 21.7 Å². The Morgan fingerprint density at radius 2 is 2.13 bits per heavy atom. The fourth-order valence-corrected chi connectivity index (χ4v) is 2.35. The molecule has 0 radical (unpaired) electrons. The van der Waals surface area contributed by atoms with Gasteiger partial charge in [-0.2, -0.15) is 0 Å². The summed E-state index contributed by atoms with van der Waals surface area (Å²) in [7, 11) is 1.65. The summed E-state index contributed by atoms with van der Waals surface area (Å²) >= 11 is 3.50. The molecule has 0 aromatic heterocycles. The van der Waals surface area contributed by atoms with Gasteiger partial charge in [-0.3, -0.25) is 4.79 Å². The fourth-order valence-electron chi connectivity index (χ4n) is 1.58. The normalized spacial score (nSPS) is 10.1. The number of carbonyl (C=O) groups excluding carboxylic acids is 1. The van der Waals surface area contributed by atoms with Crippen LogP contribution in [-0.2, 0) is 17.6 Å². The van der Waals surface area contributed by atoms with Gasteiger partial charge in [0, 0.05) is 16.5 Å². The minimum absolute atomic E-state index is 0.160. The molecule has 0 atom stereocenters. The number of hydrogen-bond acceptors (Lipinski definition) is 2. The van der Waals surface area contributed by atoms with Crippen molar-refractivity contribution in [3.8, 4) is 5.75 Å². The van der Waals surface area contributed by atoms with Gasteiger partial charge in [-0.1, -0.05) is 22.9 Å². The number of halogens is 1. The van der Waals surface area contributed by atoms with Crippen LogP contribution < -0.4 is 4.74 Å². The van der Waals surface area contributed by atoms with E-state index in [0.29, 0.717) is 6.42 Å². The highest BCUT2D eigenvalue weighted by molar-refractivity contribution is 9.10. The molecule has 3 heteroatoms. The van der Waals surface area contributed by atoms with Gasteiger partial charge in [0.15, 0.2) is 0 Å². The molecule has 1 aromatic rings. The summed E-state index contributed by atoms with van der Waals surface area (Å²) in [6.07, 6.45) is 1.36. The van der Waals surface area contributed by atoms with Crippen LogP contribution in [0.1, 0.15) is 25.0 Å². The third-order valence-corrected chi connectivity index (χ3v) is 2.95. The zero-order chi connectivity index (χ0) is 11.4. The van der Waals surface area contributed by atoms with E-state index in [1.807, 2.05) is 12.1 Å². The molecule has 0 saturated heterocycles. The molecule has 0 aliphatic rings. The standard InChI is InChI=1S/C12H15BrO2/c1-4-10-11(13)6-9(5-8(2)14)7-12(10)15-3/h6-7H,4-5H2,1-3H3. The Morgan fingerprint density at radius 3 is 2.60 bits per heavy atom. The third-order valence-electron chi connectivity index (χ3n) is 2.24. The van der Waals surface area contributed by atoms with Crippen LogP contribution in [-0.4, -0.2) is 12.9 Å². The second-order valence-electron chi connectivity index (χ2n) is 3.49. The maximum atomic E-state index is 11.0. The van der Waals surface area contributed by atoms with Crippen LogP contribution in [0.5, 0.6) is 5.75 Å². The van der Waals surface area contributed by atoms with Crippen LogP contribution in [0.25, 0.3) is 0 Å². The first kappa shape index (κ1) is 12.2. The average Bonchev–Trinajstić information content (AvgIpc) is 2.15. The first-order chi connectivity index (χ1) is 7.08. The van der Waals surface area contributed by atoms with Crippen LogP contribution >= 0.6 is 15.9 Å². The lowest BCUT2D eigenvalue weighted by Crippen LogP contribution is -1.99. The Hall–Kier alpha value is -0.830. The maximum absolute atomic E-state index is 11.0. The van der Waals surface area contributed by atoms with Crippen molar-refractivity contribution in [2.45, 2.75) is 26.7 Å². The van der Waals surface area contributed by atoms with E-state index in [-0.39, 0.29) is 5.78 Å². The number of ketones is 1. The Balaban J connectivity index is 3.13. The lowest BCUT2D eigenvalue weighted by Gasteiger charge is -2.11. The van der Waals surface area contributed by atoms with Gasteiger partial charge in [-0.15, -0.1) is 0 Å². The van der Waals surface area contributed by atoms with E-state index < -0.39 is 0 Å². The number of benzene rings is 1. The minimum atomic E-state index is 0.160. The zero-order valence-corrected chi connectivity index (χ0v) is 10.8. The number of carbonyl (C=O) groups is 1. The van der Waals surface area contributed by atoms with E-state index in [1.54, 1.807) is 14.0 Å². The van der Waals surface area contributed by atoms with Crippen LogP contribution in [0.3, 0.4) is 0 Å². The van der Waals surface area contributed by atoms with E-state index in [4.69, 9.17) is 4.74 Å². The highest BCUT2D eigenvalue weighted by Crippen LogP contribution is 2.29. The predicted octanol–water partition coefficient (Wildman–Crippen LogP) is 3.15. The number of rotatable bonds is 4. The average molecular weight is 271 g/mol. The molecule has 0 saturated carbocycles. The number of hydrogen-bond donors (Lipinski definition) is 0. The van der Waals surface area contributed by atoms with E-state index in [1.165, 1.54) is 0 Å². The van der Waals surface area contributed by atoms with Gasteiger partial charge < -0.3 is 4.74 Å². The van der Waals surface area contributed by atoms with Crippen molar-refractivity contribution in [1.29, 1.82) is 0 Å². The highest BCUT2D eigenvalue weighted by Gasteiger charge is 2.09. The monoisotopic (exact) mass is 270 g/mol. The molecule has 0 aliphatic heterocycles. The van der Waals surface area contributed by atoms with Gasteiger partial charge >= 0.3 is 0 Å². The summed E-state index contributed by atoms with van der Waals surface area (Å²) in [6, 6.07) is 3.92. The molecule has 0 unspecified atom stereocenters. The van der Waals surface area contributed by atoms with Crippen LogP contribution in [0.2, 0.25) is 0 Å². The maximum Gasteiger partial charge on any atom is 0.134 e. The molecule has 0 amide bonds. The minimum Gasteiger partial charge on any atom is -0.496 e. The lowest BCUT2D eigenvalue weighted by atomic mass is 10.0. The molecule has 0 bridgehead atoms. The quantitative estimate of drug-likeness (QED) is 0.840. The Morgan fingerprint density at radius 1 is 1.47 bits per heavy atom. The second kappa shape index (κ2) is 5.31. The van der Waals surface area contributed by atoms with Gasteiger partial charge in [0.25, 0.3) is 0 Å². The highest BCUT2D eigenvalue weighted by atomic mass is 79.9. The first-order valence-corrected chi connectivity index (χ1v) is 5.72. The van der Waals surface area contributed by atoms with Crippen molar-refractivity contribution in [2.24, 2.45) is 0 Å². The summed E-state index contributed by atoms with van der Waals surface area (Å²) in [4.78, 5) is 11.0. The fraction of sp³-hybridized carbons (Fsp3) is 0.417. The molecule has 0 fully saturated rings. The summed E-state index contributed by atoms with van der Waals surface area (Å²) < 4.78 is 6.31. The molecule has 0 N–H and O–H groups in total. The summed E-state index contributed by atoms with van der Waals surface area (Å²) in [5.74, 6) is 1.01. The molecule has 0 heterocycles. The van der Waals surface area contributed by atoms with E-state index in [0.717, 1.165) is 27.8 Å². The number of methoxy groups -OCH3 is 1. The van der Waals surface area contributed by atoms with Crippen molar-refractivity contribution in [2.75, 3.05) is 7.11 Å². The Kier molecular flexibility index (Phi) is 4.33. The zero-order valence-electron chi connectivity index (χ0n) is 9.26. The van der Waals surface area contributed by atoms with E-state index in [2.05, 4.69) is 22.9 Å². The number of ether oxygens (including phenoxy) is 1. The molecule has 82 valence electrons. The third kappa shape index (κ3) is 3.06. The van der Waals surface area contributed by atoms with Crippen molar-refractivity contribution in [3.63, 3.8) is 0 Å². The molecule has 0 spiro atoms. The van der Waals surface area contributed by atoms with Gasteiger partial charge in [0.05, 0.1) is 7.11 Å². The summed E-state index contributed by atoms with van der Waals surface area (Å²) in [5.41, 5.74) is 2.13. The van der Waals surface area contributed by atoms with Gasteiger partial charge in [0.2, 0.25) is 0 Å². The van der Waals surface area contributed by atoms with E-state index >= 15 is 0 Å². The van der Waals surface area contributed by atoms with Crippen LogP contribution in [0.15, 0.2) is 16.6 Å². The van der Waals surface area contributed by atoms with Crippen molar-refractivity contribution in [1.82, 2.24) is 0 Å². The van der Waals surface area contributed by atoms with Crippen LogP contribution in [0, 0.1) is 0 Å². The van der Waals surface area contributed by atoms with Crippen LogP contribution in [0.4, 0.5) is 0 Å².